The van der Waals surface area contributed by atoms with E-state index in [1.807, 2.05) is 0 Å². The molecule has 0 atom stereocenters. The fraction of sp³-hybridized carbons (Fsp3) is 0.385. The number of hydrogen-bond donors (Lipinski definition) is 0. The van der Waals surface area contributed by atoms with E-state index in [4.69, 9.17) is 4.74 Å². The van der Waals surface area contributed by atoms with Gasteiger partial charge in [0.25, 0.3) is 11.7 Å². The Morgan fingerprint density at radius 1 is 1.21 bits per heavy atom. The van der Waals surface area contributed by atoms with Gasteiger partial charge in [0.15, 0.2) is 0 Å². The van der Waals surface area contributed by atoms with Gasteiger partial charge in [0.05, 0.1) is 11.3 Å². The maximum absolute atomic E-state index is 13.5. The molecule has 0 aromatic heterocycles. The molecule has 0 fully saturated rings. The van der Waals surface area contributed by atoms with E-state index in [1.54, 1.807) is 7.11 Å². The lowest BCUT2D eigenvalue weighted by atomic mass is 10.1. The van der Waals surface area contributed by atoms with E-state index in [-0.39, 0.29) is 17.8 Å². The fourth-order valence-electron chi connectivity index (χ4n) is 2.07. The Labute approximate surface area is 109 Å². The van der Waals surface area contributed by atoms with Gasteiger partial charge in [0.2, 0.25) is 0 Å². The van der Waals surface area contributed by atoms with Crippen molar-refractivity contribution in [1.29, 1.82) is 0 Å². The number of benzene rings is 1. The van der Waals surface area contributed by atoms with Gasteiger partial charge < -0.3 is 9.64 Å². The number of ketones is 1. The van der Waals surface area contributed by atoms with Crippen molar-refractivity contribution in [3.05, 3.63) is 29.3 Å². The lowest BCUT2D eigenvalue weighted by Gasteiger charge is -2.16. The maximum Gasteiger partial charge on any atom is 0.299 e. The molecule has 1 aliphatic heterocycles. The molecule has 0 saturated heterocycles. The monoisotopic (exact) mass is 269 g/mol. The number of hydrogen-bond acceptors (Lipinski definition) is 3. The lowest BCUT2D eigenvalue weighted by Crippen LogP contribution is -2.30. The van der Waals surface area contributed by atoms with Gasteiger partial charge in [-0.05, 0) is 18.9 Å². The van der Waals surface area contributed by atoms with E-state index in [9.17, 15) is 18.4 Å². The van der Waals surface area contributed by atoms with Crippen molar-refractivity contribution in [3.63, 3.8) is 0 Å². The Morgan fingerprint density at radius 2 is 1.95 bits per heavy atom. The van der Waals surface area contributed by atoms with E-state index in [0.717, 1.165) is 11.0 Å². The summed E-state index contributed by atoms with van der Waals surface area (Å²) < 4.78 is 31.6. The molecule has 0 bridgehead atoms. The van der Waals surface area contributed by atoms with E-state index in [1.165, 1.54) is 0 Å². The van der Waals surface area contributed by atoms with E-state index in [0.29, 0.717) is 25.5 Å². The number of halogens is 2. The molecule has 0 radical (unpaired) electrons. The minimum absolute atomic E-state index is 0.0184. The van der Waals surface area contributed by atoms with Crippen molar-refractivity contribution in [2.45, 2.75) is 12.8 Å². The summed E-state index contributed by atoms with van der Waals surface area (Å²) in [6.45, 7) is 0.768. The van der Waals surface area contributed by atoms with E-state index >= 15 is 0 Å². The summed E-state index contributed by atoms with van der Waals surface area (Å²) in [5.41, 5.74) is -0.317. The molecule has 19 heavy (non-hydrogen) atoms. The van der Waals surface area contributed by atoms with Crippen LogP contribution >= 0.6 is 0 Å². The molecule has 102 valence electrons. The number of methoxy groups -OCH3 is 1. The van der Waals surface area contributed by atoms with Crippen molar-refractivity contribution in [3.8, 4) is 0 Å². The second-order valence-electron chi connectivity index (χ2n) is 4.27. The molecule has 1 aliphatic rings. The highest BCUT2D eigenvalue weighted by Gasteiger charge is 2.38. The molecule has 6 heteroatoms. The Bertz CT molecular complexity index is 531. The predicted molar refractivity (Wildman–Crippen MR) is 64.2 cm³/mol. The van der Waals surface area contributed by atoms with Gasteiger partial charge in [-0.1, -0.05) is 0 Å². The number of anilines is 1. The molecular weight excluding hydrogens is 256 g/mol. The van der Waals surface area contributed by atoms with E-state index in [2.05, 4.69) is 0 Å². The minimum Gasteiger partial charge on any atom is -0.385 e. The Hall–Kier alpha value is -1.82. The van der Waals surface area contributed by atoms with E-state index < -0.39 is 23.3 Å². The SMILES string of the molecule is COCCCCN1C(=O)C(=O)c2c(F)cc(F)cc21. The smallest absolute Gasteiger partial charge is 0.299 e. The molecule has 0 spiro atoms. The van der Waals surface area contributed by atoms with Gasteiger partial charge in [-0.2, -0.15) is 0 Å². The largest absolute Gasteiger partial charge is 0.385 e. The van der Waals surface area contributed by atoms with Crippen LogP contribution in [0.15, 0.2) is 12.1 Å². The second-order valence-corrected chi connectivity index (χ2v) is 4.27. The van der Waals surface area contributed by atoms with Crippen LogP contribution in [0.1, 0.15) is 23.2 Å². The Morgan fingerprint density at radius 3 is 2.63 bits per heavy atom. The summed E-state index contributed by atoms with van der Waals surface area (Å²) in [5.74, 6) is -3.52. The highest BCUT2D eigenvalue weighted by atomic mass is 19.1. The number of carbonyl (C=O) groups excluding carboxylic acids is 2. The summed E-state index contributed by atoms with van der Waals surface area (Å²) in [6.07, 6.45) is 1.28. The number of carbonyl (C=O) groups is 2. The molecular formula is C13H13F2NO3. The van der Waals surface area contributed by atoms with Crippen molar-refractivity contribution in [1.82, 2.24) is 0 Å². The first-order chi connectivity index (χ1) is 9.06. The molecule has 0 saturated carbocycles. The zero-order valence-electron chi connectivity index (χ0n) is 10.4. The van der Waals surface area contributed by atoms with Crippen LogP contribution in [0.3, 0.4) is 0 Å². The van der Waals surface area contributed by atoms with Gasteiger partial charge in [0, 0.05) is 26.3 Å². The first-order valence-electron chi connectivity index (χ1n) is 5.90. The summed E-state index contributed by atoms with van der Waals surface area (Å²) >= 11 is 0. The van der Waals surface area contributed by atoms with Crippen LogP contribution in [-0.4, -0.2) is 32.0 Å². The maximum atomic E-state index is 13.5. The number of rotatable bonds is 5. The van der Waals surface area contributed by atoms with Crippen LogP contribution in [0.2, 0.25) is 0 Å². The molecule has 1 aromatic carbocycles. The molecule has 2 rings (SSSR count). The zero-order chi connectivity index (χ0) is 14.0. The van der Waals surface area contributed by atoms with Crippen LogP contribution < -0.4 is 4.90 Å². The number of unbranched alkanes of at least 4 members (excludes halogenated alkanes) is 1. The molecule has 0 aliphatic carbocycles. The number of nitrogens with zero attached hydrogens (tertiary/aromatic N) is 1. The van der Waals surface area contributed by atoms with Crippen molar-refractivity contribution < 1.29 is 23.1 Å². The summed E-state index contributed by atoms with van der Waals surface area (Å²) in [6, 6.07) is 1.62. The van der Waals surface area contributed by atoms with Crippen molar-refractivity contribution in [2.24, 2.45) is 0 Å². The average molecular weight is 269 g/mol. The number of amides is 1. The standard InChI is InChI=1S/C13H13F2NO3/c1-19-5-3-2-4-16-10-7-8(14)6-9(15)11(10)12(17)13(16)18/h6-7H,2-5H2,1H3. The molecule has 1 aromatic rings. The zero-order valence-corrected chi connectivity index (χ0v) is 10.4. The number of fused-ring (bicyclic) bond motifs is 1. The molecule has 0 unspecified atom stereocenters. The van der Waals surface area contributed by atoms with Crippen LogP contribution in [-0.2, 0) is 9.53 Å². The second kappa shape index (κ2) is 5.44. The molecule has 1 amide bonds. The lowest BCUT2D eigenvalue weighted by molar-refractivity contribution is -0.114. The third-order valence-corrected chi connectivity index (χ3v) is 2.97. The topological polar surface area (TPSA) is 46.6 Å². The minimum atomic E-state index is -0.993. The molecule has 4 nitrogen and oxygen atoms in total. The average Bonchev–Trinajstić information content (AvgIpc) is 2.59. The Kier molecular flexibility index (Phi) is 3.90. The van der Waals surface area contributed by atoms with Crippen LogP contribution in [0.4, 0.5) is 14.5 Å². The van der Waals surface area contributed by atoms with Crippen LogP contribution in [0.5, 0.6) is 0 Å². The van der Waals surface area contributed by atoms with Gasteiger partial charge in [-0.15, -0.1) is 0 Å². The third-order valence-electron chi connectivity index (χ3n) is 2.97. The highest BCUT2D eigenvalue weighted by Crippen LogP contribution is 2.32. The summed E-state index contributed by atoms with van der Waals surface area (Å²) in [5, 5.41) is 0. The van der Waals surface area contributed by atoms with Gasteiger partial charge >= 0.3 is 0 Å². The molecule has 1 heterocycles. The van der Waals surface area contributed by atoms with Crippen LogP contribution in [0, 0.1) is 11.6 Å². The predicted octanol–water partition coefficient (Wildman–Crippen LogP) is 1.92. The van der Waals surface area contributed by atoms with Gasteiger partial charge in [0.1, 0.15) is 11.6 Å². The summed E-state index contributed by atoms with van der Waals surface area (Å²) in [4.78, 5) is 24.5. The Balaban J connectivity index is 2.23. The summed E-state index contributed by atoms with van der Waals surface area (Å²) in [7, 11) is 1.56. The molecule has 0 N–H and O–H groups in total. The number of Topliss-reactive ketones (excluding diaryl/α,β-unsaturated/α-hetero) is 1. The first-order valence-corrected chi connectivity index (χ1v) is 5.90. The first kappa shape index (κ1) is 13.6. The van der Waals surface area contributed by atoms with Gasteiger partial charge in [-0.25, -0.2) is 8.78 Å². The fourth-order valence-corrected chi connectivity index (χ4v) is 2.07. The third kappa shape index (κ3) is 2.49. The number of ether oxygens (including phenoxy) is 1. The van der Waals surface area contributed by atoms with Crippen LogP contribution in [0.25, 0.3) is 0 Å². The van der Waals surface area contributed by atoms with Crippen molar-refractivity contribution in [2.75, 3.05) is 25.2 Å². The quantitative estimate of drug-likeness (QED) is 0.606. The highest BCUT2D eigenvalue weighted by molar-refractivity contribution is 6.52. The van der Waals surface area contributed by atoms with Gasteiger partial charge in [-0.3, -0.25) is 9.59 Å². The normalized spacial score (nSPS) is 14.2. The van der Waals surface area contributed by atoms with Crippen molar-refractivity contribution >= 4 is 17.4 Å².